The summed E-state index contributed by atoms with van der Waals surface area (Å²) in [6, 6.07) is 9.91. The van der Waals surface area contributed by atoms with Gasteiger partial charge < -0.3 is 9.64 Å². The van der Waals surface area contributed by atoms with Gasteiger partial charge in [0.25, 0.3) is 5.91 Å². The van der Waals surface area contributed by atoms with Crippen LogP contribution in [-0.2, 0) is 6.54 Å². The monoisotopic (exact) mass is 301 g/mol. The van der Waals surface area contributed by atoms with Crippen molar-refractivity contribution >= 4 is 17.2 Å². The van der Waals surface area contributed by atoms with Gasteiger partial charge in [0.15, 0.2) is 0 Å². The van der Waals surface area contributed by atoms with Crippen molar-refractivity contribution in [3.63, 3.8) is 0 Å². The Balaban J connectivity index is 1.86. The highest BCUT2D eigenvalue weighted by molar-refractivity contribution is 7.09. The van der Waals surface area contributed by atoms with Gasteiger partial charge in [-0.3, -0.25) is 4.79 Å². The third kappa shape index (κ3) is 2.56. The molecule has 2 aromatic rings. The van der Waals surface area contributed by atoms with Crippen LogP contribution in [0.15, 0.2) is 35.7 Å². The van der Waals surface area contributed by atoms with Crippen LogP contribution in [-0.4, -0.2) is 24.0 Å². The molecule has 2 unspecified atom stereocenters. The number of hydrogen-bond donors (Lipinski definition) is 0. The first-order chi connectivity index (χ1) is 10.1. The van der Waals surface area contributed by atoms with E-state index in [4.69, 9.17) is 4.74 Å². The number of fused-ring (bicyclic) bond motifs is 1. The van der Waals surface area contributed by atoms with Crippen molar-refractivity contribution in [2.45, 2.75) is 32.4 Å². The van der Waals surface area contributed by atoms with E-state index in [0.29, 0.717) is 18.0 Å². The lowest BCUT2D eigenvalue weighted by Gasteiger charge is -2.18. The maximum atomic E-state index is 12.7. The van der Waals surface area contributed by atoms with Crippen LogP contribution in [0.3, 0.4) is 0 Å². The van der Waals surface area contributed by atoms with Crippen LogP contribution in [0.25, 0.3) is 0 Å². The molecule has 0 N–H and O–H groups in total. The second-order valence-electron chi connectivity index (χ2n) is 5.58. The second kappa shape index (κ2) is 5.53. The molecule has 1 aromatic heterocycles. The van der Waals surface area contributed by atoms with Crippen molar-refractivity contribution in [1.82, 2.24) is 4.90 Å². The highest BCUT2D eigenvalue weighted by Crippen LogP contribution is 2.40. The molecule has 2 atom stereocenters. The summed E-state index contributed by atoms with van der Waals surface area (Å²) in [6.45, 7) is 4.82. The molecule has 0 saturated heterocycles. The summed E-state index contributed by atoms with van der Waals surface area (Å²) in [4.78, 5) is 15.6. The van der Waals surface area contributed by atoms with E-state index in [0.717, 1.165) is 11.3 Å². The summed E-state index contributed by atoms with van der Waals surface area (Å²) in [5.41, 5.74) is 1.81. The van der Waals surface area contributed by atoms with Crippen LogP contribution in [0.5, 0.6) is 5.75 Å². The van der Waals surface area contributed by atoms with Gasteiger partial charge in [0, 0.05) is 23.4 Å². The maximum Gasteiger partial charge on any atom is 0.257 e. The summed E-state index contributed by atoms with van der Waals surface area (Å²) >= 11 is 1.66. The highest BCUT2D eigenvalue weighted by Gasteiger charge is 2.31. The summed E-state index contributed by atoms with van der Waals surface area (Å²) in [7, 11) is 1.84. The molecule has 1 aromatic carbocycles. The van der Waals surface area contributed by atoms with Crippen LogP contribution < -0.4 is 4.74 Å². The van der Waals surface area contributed by atoms with E-state index in [9.17, 15) is 4.79 Å². The zero-order chi connectivity index (χ0) is 15.0. The number of carbonyl (C=O) groups is 1. The number of ether oxygens (including phenoxy) is 1. The number of para-hydroxylation sites is 1. The lowest BCUT2D eigenvalue weighted by atomic mass is 9.96. The molecule has 3 nitrogen and oxygen atoms in total. The smallest absolute Gasteiger partial charge is 0.257 e. The predicted molar refractivity (Wildman–Crippen MR) is 85.1 cm³/mol. The predicted octanol–water partition coefficient (Wildman–Crippen LogP) is 3.90. The molecule has 3 rings (SSSR count). The average Bonchev–Trinajstić information content (AvgIpc) is 3.07. The molecule has 110 valence electrons. The molecule has 2 heterocycles. The Morgan fingerprint density at radius 2 is 2.10 bits per heavy atom. The van der Waals surface area contributed by atoms with Crippen molar-refractivity contribution in [3.05, 3.63) is 51.7 Å². The number of benzene rings is 1. The van der Waals surface area contributed by atoms with Gasteiger partial charge in [0.05, 0.1) is 12.1 Å². The number of amides is 1. The lowest BCUT2D eigenvalue weighted by Crippen LogP contribution is -2.26. The molecule has 0 saturated carbocycles. The molecule has 21 heavy (non-hydrogen) atoms. The first-order valence-corrected chi connectivity index (χ1v) is 8.03. The molecular formula is C17H19NO2S. The topological polar surface area (TPSA) is 29.5 Å². The van der Waals surface area contributed by atoms with Crippen molar-refractivity contribution in [3.8, 4) is 5.75 Å². The van der Waals surface area contributed by atoms with Crippen LogP contribution >= 0.6 is 11.3 Å². The summed E-state index contributed by atoms with van der Waals surface area (Å²) in [5.74, 6) is 1.11. The van der Waals surface area contributed by atoms with E-state index < -0.39 is 0 Å². The number of rotatable bonds is 3. The molecule has 0 spiro atoms. The fourth-order valence-electron chi connectivity index (χ4n) is 2.67. The first-order valence-electron chi connectivity index (χ1n) is 7.15. The molecule has 0 aliphatic carbocycles. The van der Waals surface area contributed by atoms with Crippen molar-refractivity contribution in [1.29, 1.82) is 0 Å². The number of nitrogens with zero attached hydrogens (tertiary/aromatic N) is 1. The number of thiophene rings is 1. The first kappa shape index (κ1) is 14.1. The van der Waals surface area contributed by atoms with E-state index in [-0.39, 0.29) is 12.0 Å². The standard InChI is InChI=1S/C17H19NO2S/c1-11-12(2)20-16-14(11)7-4-8-15(16)17(19)18(3)10-13-6-5-9-21-13/h4-9,11-12H,10H2,1-3H3. The summed E-state index contributed by atoms with van der Waals surface area (Å²) in [6.07, 6.45) is 0.122. The van der Waals surface area contributed by atoms with Gasteiger partial charge in [0.1, 0.15) is 11.9 Å². The number of carbonyl (C=O) groups excluding carboxylic acids is 1. The Bertz CT molecular complexity index is 651. The normalized spacial score (nSPS) is 20.0. The van der Waals surface area contributed by atoms with Crippen LogP contribution in [0.4, 0.5) is 0 Å². The van der Waals surface area contributed by atoms with Crippen molar-refractivity contribution in [2.75, 3.05) is 7.05 Å². The van der Waals surface area contributed by atoms with E-state index in [2.05, 4.69) is 13.0 Å². The average molecular weight is 301 g/mol. The van der Waals surface area contributed by atoms with Crippen LogP contribution in [0.1, 0.15) is 40.6 Å². The molecule has 1 aliphatic heterocycles. The quantitative estimate of drug-likeness (QED) is 0.860. The number of hydrogen-bond acceptors (Lipinski definition) is 3. The minimum Gasteiger partial charge on any atom is -0.489 e. The third-order valence-electron chi connectivity index (χ3n) is 4.09. The second-order valence-corrected chi connectivity index (χ2v) is 6.61. The van der Waals surface area contributed by atoms with E-state index in [1.54, 1.807) is 16.2 Å². The van der Waals surface area contributed by atoms with Gasteiger partial charge in [-0.1, -0.05) is 25.1 Å². The Kier molecular flexibility index (Phi) is 3.72. The molecule has 0 fully saturated rings. The fourth-order valence-corrected chi connectivity index (χ4v) is 3.43. The van der Waals surface area contributed by atoms with Gasteiger partial charge in [-0.15, -0.1) is 11.3 Å². The van der Waals surface area contributed by atoms with Gasteiger partial charge >= 0.3 is 0 Å². The van der Waals surface area contributed by atoms with Gasteiger partial charge in [-0.2, -0.15) is 0 Å². The van der Waals surface area contributed by atoms with Crippen molar-refractivity contribution in [2.24, 2.45) is 0 Å². The van der Waals surface area contributed by atoms with E-state index >= 15 is 0 Å². The van der Waals surface area contributed by atoms with Crippen LogP contribution in [0, 0.1) is 0 Å². The van der Waals surface area contributed by atoms with E-state index in [1.807, 2.05) is 43.6 Å². The third-order valence-corrected chi connectivity index (χ3v) is 4.96. The molecular weight excluding hydrogens is 282 g/mol. The van der Waals surface area contributed by atoms with Gasteiger partial charge in [-0.25, -0.2) is 0 Å². The SMILES string of the molecule is CC1Oc2c(C(=O)N(C)Cc3cccs3)cccc2C1C. The van der Waals surface area contributed by atoms with Gasteiger partial charge in [0.2, 0.25) is 0 Å². The molecule has 0 bridgehead atoms. The largest absolute Gasteiger partial charge is 0.489 e. The summed E-state index contributed by atoms with van der Waals surface area (Å²) in [5, 5.41) is 2.03. The van der Waals surface area contributed by atoms with Crippen molar-refractivity contribution < 1.29 is 9.53 Å². The minimum atomic E-state index is 0.0153. The highest BCUT2D eigenvalue weighted by atomic mass is 32.1. The maximum absolute atomic E-state index is 12.7. The Hall–Kier alpha value is -1.81. The minimum absolute atomic E-state index is 0.0153. The Morgan fingerprint density at radius 1 is 1.29 bits per heavy atom. The fraction of sp³-hybridized carbons (Fsp3) is 0.353. The molecule has 1 amide bonds. The van der Waals surface area contributed by atoms with Gasteiger partial charge in [-0.05, 0) is 24.4 Å². The summed E-state index contributed by atoms with van der Waals surface area (Å²) < 4.78 is 5.91. The zero-order valence-corrected chi connectivity index (χ0v) is 13.3. The zero-order valence-electron chi connectivity index (χ0n) is 12.5. The Labute approximate surface area is 129 Å². The molecule has 1 aliphatic rings. The van der Waals surface area contributed by atoms with Crippen LogP contribution in [0.2, 0.25) is 0 Å². The molecule has 4 heteroatoms. The lowest BCUT2D eigenvalue weighted by molar-refractivity contribution is 0.0781. The Morgan fingerprint density at radius 3 is 2.81 bits per heavy atom. The molecule has 0 radical (unpaired) electrons. The van der Waals surface area contributed by atoms with E-state index in [1.165, 1.54) is 4.88 Å².